The van der Waals surface area contributed by atoms with Crippen LogP contribution in [0.15, 0.2) is 423 Å². The molecule has 9 aromatic heterocycles. The van der Waals surface area contributed by atoms with Gasteiger partial charge in [-0.25, -0.2) is 29.9 Å². The fourth-order valence-electron chi connectivity index (χ4n) is 18.4. The van der Waals surface area contributed by atoms with Crippen LogP contribution in [-0.4, -0.2) is 47.5 Å². The molecule has 9 heterocycles. The van der Waals surface area contributed by atoms with Crippen molar-refractivity contribution in [1.82, 2.24) is 47.5 Å². The highest BCUT2D eigenvalue weighted by molar-refractivity contribution is 9.11. The minimum Gasteiger partial charge on any atom is -0.268 e. The van der Waals surface area contributed by atoms with Crippen molar-refractivity contribution in [3.63, 3.8) is 0 Å². The number of aromatic nitrogens is 10. The van der Waals surface area contributed by atoms with Crippen LogP contribution in [0.3, 0.4) is 0 Å². The molecule has 0 amide bonds. The van der Waals surface area contributed by atoms with Gasteiger partial charge in [-0.05, 0) is 302 Å². The molecule has 23 aromatic rings. The number of halogens is 6. The zero-order valence-electron chi connectivity index (χ0n) is 69.2. The molecule has 0 radical (unpaired) electrons. The fourth-order valence-corrected chi connectivity index (χ4v) is 22.1. The van der Waals surface area contributed by atoms with E-state index in [4.69, 9.17) is 29.9 Å². The van der Waals surface area contributed by atoms with Crippen molar-refractivity contribution >= 4 is 162 Å². The number of rotatable bonds is 14. The van der Waals surface area contributed by atoms with Gasteiger partial charge >= 0.3 is 0 Å². The summed E-state index contributed by atoms with van der Waals surface area (Å²) in [6.45, 7) is 0. The van der Waals surface area contributed by atoms with Crippen LogP contribution in [0.25, 0.3) is 222 Å². The zero-order valence-corrected chi connectivity index (χ0v) is 78.7. The quantitative estimate of drug-likeness (QED) is 0.0958. The summed E-state index contributed by atoms with van der Waals surface area (Å²) >= 11 is 24.2. The van der Waals surface area contributed by atoms with Crippen LogP contribution in [-0.2, 0) is 0 Å². The first-order valence-electron chi connectivity index (χ1n) is 42.3. The Morgan fingerprint density at radius 1 is 0.189 bits per heavy atom. The predicted octanol–water partition coefficient (Wildman–Crippen LogP) is 29.0. The van der Waals surface area contributed by atoms with E-state index in [1.807, 2.05) is 152 Å². The lowest BCUT2D eigenvalue weighted by Gasteiger charge is -2.19. The molecular formula is C112H62Br6N10O4. The third kappa shape index (κ3) is 14.1. The normalized spacial score (nSPS) is 11.7. The average Bonchev–Trinajstić information content (AvgIpc) is 0.754. The van der Waals surface area contributed by atoms with E-state index >= 15 is 0 Å². The van der Waals surface area contributed by atoms with Gasteiger partial charge in [-0.15, -0.1) is 0 Å². The summed E-state index contributed by atoms with van der Waals surface area (Å²) < 4.78 is 10.8. The molecule has 0 unspecified atom stereocenters. The van der Waals surface area contributed by atoms with Gasteiger partial charge < -0.3 is 0 Å². The summed E-state index contributed by atoms with van der Waals surface area (Å²) in [4.78, 5) is 86.2. The zero-order chi connectivity index (χ0) is 89.3. The molecule has 626 valence electrons. The maximum atomic E-state index is 14.0. The van der Waals surface area contributed by atoms with E-state index in [1.54, 1.807) is 48.2 Å². The third-order valence-electron chi connectivity index (χ3n) is 24.8. The van der Waals surface area contributed by atoms with E-state index in [-0.39, 0.29) is 22.2 Å². The minimum absolute atomic E-state index is 0.155. The lowest BCUT2D eigenvalue weighted by atomic mass is 9.86. The van der Waals surface area contributed by atoms with Crippen LogP contribution >= 0.6 is 95.6 Å². The lowest BCUT2D eigenvalue weighted by Crippen LogP contribution is -2.15. The molecule has 14 nitrogen and oxygen atoms in total. The molecule has 20 heteroatoms. The smallest absolute Gasteiger partial charge is 0.265 e. The van der Waals surface area contributed by atoms with Gasteiger partial charge in [-0.2, -0.15) is 0 Å². The van der Waals surface area contributed by atoms with E-state index in [2.05, 4.69) is 290 Å². The van der Waals surface area contributed by atoms with Crippen LogP contribution < -0.4 is 22.2 Å². The van der Waals surface area contributed by atoms with Gasteiger partial charge in [-0.3, -0.25) is 36.8 Å². The fraction of sp³-hybridized carbons (Fsp3) is 0. The second-order valence-electron chi connectivity index (χ2n) is 32.2. The third-order valence-corrected chi connectivity index (χ3v) is 29.2. The monoisotopic (exact) mass is 2080 g/mol. The van der Waals surface area contributed by atoms with Crippen molar-refractivity contribution in [2.24, 2.45) is 0 Å². The summed E-state index contributed by atoms with van der Waals surface area (Å²) in [7, 11) is 0. The molecule has 132 heavy (non-hydrogen) atoms. The number of benzene rings is 14. The minimum atomic E-state index is -0.155. The molecule has 0 saturated carbocycles. The molecule has 0 saturated heterocycles. The molecular weight excluding hydrogens is 2030 g/mol. The predicted molar refractivity (Wildman–Crippen MR) is 554 cm³/mol. The Morgan fingerprint density at radius 3 is 0.636 bits per heavy atom. The first kappa shape index (κ1) is 82.0. The summed E-state index contributed by atoms with van der Waals surface area (Å²) in [5, 5.41) is 2.14. The van der Waals surface area contributed by atoms with Crippen LogP contribution in [0.2, 0.25) is 0 Å². The van der Waals surface area contributed by atoms with E-state index in [1.165, 1.54) is 0 Å². The Morgan fingerprint density at radius 2 is 0.402 bits per heavy atom. The van der Waals surface area contributed by atoms with E-state index in [0.29, 0.717) is 84.1 Å². The summed E-state index contributed by atoms with van der Waals surface area (Å²) in [6, 6.07) is 116. The van der Waals surface area contributed by atoms with Crippen molar-refractivity contribution < 1.29 is 0 Å². The average molecular weight is 2090 g/mol. The number of para-hydroxylation sites is 4. The van der Waals surface area contributed by atoms with Gasteiger partial charge in [0.2, 0.25) is 0 Å². The van der Waals surface area contributed by atoms with Gasteiger partial charge in [0.1, 0.15) is 6.33 Å². The van der Waals surface area contributed by atoms with Crippen molar-refractivity contribution in [3.8, 4) is 156 Å². The first-order chi connectivity index (χ1) is 64.6. The summed E-state index contributed by atoms with van der Waals surface area (Å²) in [5.41, 5.74) is 29.5. The second-order valence-corrected chi connectivity index (χ2v) is 37.1. The Labute approximate surface area is 803 Å². The van der Waals surface area contributed by atoms with Crippen molar-refractivity contribution in [1.29, 1.82) is 0 Å². The second kappa shape index (κ2) is 33.5. The van der Waals surface area contributed by atoms with E-state index in [0.717, 1.165) is 165 Å². The number of nitrogens with zero attached hydrogens (tertiary/aromatic N) is 10. The molecule has 0 bridgehead atoms. The van der Waals surface area contributed by atoms with Crippen molar-refractivity contribution in [2.45, 2.75) is 0 Å². The molecule has 0 fully saturated rings. The highest BCUT2D eigenvalue weighted by Gasteiger charge is 2.26. The standard InChI is InChI=1S/C112H62Br6N10O4/c113-93-59-63(41-43-83(93)77-27-7-1-21-71(77)65-53-67(73-23-3-9-29-79(73)85-45-49-125-105(101(85)115)121-95-37-17-13-33-89(95)109(125)129)57-68(54-65)74-24-4-10-30-80(74)86-46-50-126-106(102(86)116)122-96-38-18-14-34-90(96)110(126)130)99-61-100(120-62-119-99)64-42-44-84(94(114)60-64)78-28-8-2-22-72(78)66-55-69(75-25-5-11-31-81(75)87-47-51-127-107(103(87)117)123-97-39-19-15-35-91(97)111(127)131)58-70(56-66)76-26-6-12-32-82(76)88-48-52-128-108(104(88)118)124-98-40-20-16-36-92(98)112(128)132/h1-62H. The van der Waals surface area contributed by atoms with Crippen LogP contribution in [0.1, 0.15) is 0 Å². The maximum absolute atomic E-state index is 14.0. The largest absolute Gasteiger partial charge is 0.268 e. The molecule has 14 aromatic carbocycles. The number of hydrogen-bond donors (Lipinski definition) is 0. The lowest BCUT2D eigenvalue weighted by molar-refractivity contribution is 1.07. The highest BCUT2D eigenvalue weighted by atomic mass is 79.9. The Kier molecular flexibility index (Phi) is 20.8. The van der Waals surface area contributed by atoms with Crippen LogP contribution in [0, 0.1) is 0 Å². The molecule has 0 aliphatic carbocycles. The van der Waals surface area contributed by atoms with Crippen LogP contribution in [0.5, 0.6) is 0 Å². The summed E-state index contributed by atoms with van der Waals surface area (Å²) in [5.74, 6) is 0. The number of pyridine rings is 4. The van der Waals surface area contributed by atoms with Gasteiger partial charge in [-0.1, -0.05) is 250 Å². The Bertz CT molecular complexity index is 8250. The molecule has 0 aliphatic heterocycles. The van der Waals surface area contributed by atoms with Gasteiger partial charge in [0, 0.05) is 67.1 Å². The SMILES string of the molecule is O=c1c2ccccc2nc2c(Br)c(-c3ccccc3-c3cc(-c4ccccc4-c4ccc(-c5cc(-c6ccc(-c7ccccc7-c7cc(-c8ccccc8-c8ccn9c(=O)c%10ccccc%10nc9c8Br)cc(-c8ccccc8-c8ccn9c(=O)c%10ccccc%10nc9c8Br)c7)c(Br)c6)ncn5)cc4Br)cc(-c4ccccc4-c4ccn5c(=O)c6ccccc6nc5c4Br)c3)ccn12. The van der Waals surface area contributed by atoms with Gasteiger partial charge in [0.25, 0.3) is 22.2 Å². The van der Waals surface area contributed by atoms with Gasteiger partial charge in [0.05, 0.1) is 72.9 Å². The number of hydrogen-bond acceptors (Lipinski definition) is 10. The molecule has 0 aliphatic rings. The van der Waals surface area contributed by atoms with Gasteiger partial charge in [0.15, 0.2) is 22.6 Å². The molecule has 0 atom stereocenters. The van der Waals surface area contributed by atoms with Crippen LogP contribution in [0.4, 0.5) is 0 Å². The number of fused-ring (bicyclic) bond motifs is 8. The molecule has 0 N–H and O–H groups in total. The Hall–Kier alpha value is -14.5. The molecule has 23 rings (SSSR count). The van der Waals surface area contributed by atoms with Crippen molar-refractivity contribution in [2.75, 3.05) is 0 Å². The topological polar surface area (TPSA) is 163 Å². The first-order valence-corrected chi connectivity index (χ1v) is 47.1. The Balaban J connectivity index is 0.608. The van der Waals surface area contributed by atoms with Crippen molar-refractivity contribution in [3.05, 3.63) is 445 Å². The van der Waals surface area contributed by atoms with E-state index in [9.17, 15) is 19.2 Å². The summed E-state index contributed by atoms with van der Waals surface area (Å²) in [6.07, 6.45) is 8.85. The van der Waals surface area contributed by atoms with E-state index < -0.39 is 0 Å². The molecule has 0 spiro atoms. The maximum Gasteiger partial charge on any atom is 0.265 e. The highest BCUT2D eigenvalue weighted by Crippen LogP contribution is 2.50.